The Morgan fingerprint density at radius 2 is 1.32 bits per heavy atom. The largest absolute Gasteiger partial charge is 0.305 e. The normalized spacial score (nSPS) is 9.63. The van der Waals surface area contributed by atoms with E-state index in [9.17, 15) is 0 Å². The van der Waals surface area contributed by atoms with Crippen molar-refractivity contribution in [1.29, 1.82) is 0 Å². The molecule has 2 aromatic rings. The minimum atomic E-state index is 0.973. The third-order valence-electron chi connectivity index (χ3n) is 2.56. The molecule has 0 saturated carbocycles. The molecule has 0 N–H and O–H groups in total. The highest BCUT2D eigenvalue weighted by Gasteiger charge is 1.90. The summed E-state index contributed by atoms with van der Waals surface area (Å²) < 4.78 is 0. The maximum absolute atomic E-state index is 3.66. The first-order valence-corrected chi connectivity index (χ1v) is 6.56. The molecule has 0 saturated heterocycles. The van der Waals surface area contributed by atoms with Gasteiger partial charge in [-0.25, -0.2) is 0 Å². The molecular formula is C18H23N. The lowest BCUT2D eigenvalue weighted by molar-refractivity contribution is 0.402. The minimum absolute atomic E-state index is 0.973. The summed E-state index contributed by atoms with van der Waals surface area (Å²) in [5.41, 5.74) is 2.69. The van der Waals surface area contributed by atoms with Gasteiger partial charge in [0.2, 0.25) is 0 Å². The van der Waals surface area contributed by atoms with Crippen molar-refractivity contribution in [2.45, 2.75) is 13.0 Å². The second-order valence-electron chi connectivity index (χ2n) is 4.70. The van der Waals surface area contributed by atoms with Crippen LogP contribution in [0.15, 0.2) is 73.3 Å². The molecular weight excluding hydrogens is 230 g/mol. The van der Waals surface area contributed by atoms with Crippen molar-refractivity contribution < 1.29 is 0 Å². The van der Waals surface area contributed by atoms with E-state index in [4.69, 9.17) is 0 Å². The molecule has 0 bridgehead atoms. The van der Waals surface area contributed by atoms with Gasteiger partial charge in [-0.15, -0.1) is 6.58 Å². The molecule has 0 aliphatic carbocycles. The van der Waals surface area contributed by atoms with Crippen molar-refractivity contribution >= 4 is 0 Å². The molecule has 0 aliphatic heterocycles. The summed E-state index contributed by atoms with van der Waals surface area (Å²) in [6.07, 6.45) is 2.89. The lowest BCUT2D eigenvalue weighted by Gasteiger charge is -2.08. The van der Waals surface area contributed by atoms with Crippen molar-refractivity contribution in [1.82, 2.24) is 4.90 Å². The number of hydrogen-bond acceptors (Lipinski definition) is 1. The van der Waals surface area contributed by atoms with Gasteiger partial charge in [-0.1, -0.05) is 66.7 Å². The molecule has 0 fully saturated rings. The van der Waals surface area contributed by atoms with Crippen molar-refractivity contribution in [2.24, 2.45) is 0 Å². The summed E-state index contributed by atoms with van der Waals surface area (Å²) in [6, 6.07) is 20.8. The molecule has 2 aromatic carbocycles. The second-order valence-corrected chi connectivity index (χ2v) is 4.70. The first kappa shape index (κ1) is 15.2. The van der Waals surface area contributed by atoms with Gasteiger partial charge in [0.25, 0.3) is 0 Å². The van der Waals surface area contributed by atoms with Gasteiger partial charge in [-0.3, -0.25) is 0 Å². The SMILES string of the molecule is C=CCc1ccccc1.CN(C)Cc1ccccc1. The van der Waals surface area contributed by atoms with Crippen LogP contribution in [0.1, 0.15) is 11.1 Å². The van der Waals surface area contributed by atoms with Crippen LogP contribution in [0.25, 0.3) is 0 Å². The zero-order chi connectivity index (χ0) is 13.9. The van der Waals surface area contributed by atoms with E-state index < -0.39 is 0 Å². The number of hydrogen-bond donors (Lipinski definition) is 0. The summed E-state index contributed by atoms with van der Waals surface area (Å²) in [5, 5.41) is 0. The van der Waals surface area contributed by atoms with Crippen LogP contribution in [0.4, 0.5) is 0 Å². The van der Waals surface area contributed by atoms with Gasteiger partial charge in [0.05, 0.1) is 0 Å². The van der Waals surface area contributed by atoms with E-state index in [1.165, 1.54) is 11.1 Å². The van der Waals surface area contributed by atoms with Gasteiger partial charge in [0.15, 0.2) is 0 Å². The molecule has 0 atom stereocenters. The maximum Gasteiger partial charge on any atom is 0.0227 e. The highest BCUT2D eigenvalue weighted by Crippen LogP contribution is 2.00. The highest BCUT2D eigenvalue weighted by molar-refractivity contribution is 5.16. The van der Waals surface area contributed by atoms with Crippen LogP contribution in [0, 0.1) is 0 Å². The van der Waals surface area contributed by atoms with E-state index in [1.807, 2.05) is 30.3 Å². The van der Waals surface area contributed by atoms with Gasteiger partial charge in [-0.2, -0.15) is 0 Å². The second kappa shape index (κ2) is 9.12. The maximum atomic E-state index is 3.66. The average molecular weight is 253 g/mol. The molecule has 0 aromatic heterocycles. The van der Waals surface area contributed by atoms with E-state index in [-0.39, 0.29) is 0 Å². The lowest BCUT2D eigenvalue weighted by Crippen LogP contribution is -2.10. The van der Waals surface area contributed by atoms with E-state index in [0.717, 1.165) is 13.0 Å². The Bertz CT molecular complexity index is 446. The fourth-order valence-corrected chi connectivity index (χ4v) is 1.73. The third kappa shape index (κ3) is 7.22. The molecule has 0 radical (unpaired) electrons. The van der Waals surface area contributed by atoms with Crippen LogP contribution in [-0.2, 0) is 13.0 Å². The van der Waals surface area contributed by atoms with Crippen LogP contribution >= 0.6 is 0 Å². The number of rotatable bonds is 4. The standard InChI is InChI=1S/C9H13N.C9H10/c1-10(2)8-9-6-4-3-5-7-9;1-2-6-9-7-4-3-5-8-9/h3-7H,8H2,1-2H3;2-5,7-8H,1,6H2. The molecule has 19 heavy (non-hydrogen) atoms. The van der Waals surface area contributed by atoms with Crippen LogP contribution in [-0.4, -0.2) is 19.0 Å². The smallest absolute Gasteiger partial charge is 0.0227 e. The summed E-state index contributed by atoms with van der Waals surface area (Å²) in [7, 11) is 4.15. The fourth-order valence-electron chi connectivity index (χ4n) is 1.73. The molecule has 0 aliphatic rings. The van der Waals surface area contributed by atoms with Gasteiger partial charge in [0.1, 0.15) is 0 Å². The van der Waals surface area contributed by atoms with E-state index in [0.29, 0.717) is 0 Å². The molecule has 0 amide bonds. The minimum Gasteiger partial charge on any atom is -0.305 e. The average Bonchev–Trinajstić information content (AvgIpc) is 2.41. The summed E-state index contributed by atoms with van der Waals surface area (Å²) >= 11 is 0. The Labute approximate surface area is 117 Å². The first-order valence-electron chi connectivity index (χ1n) is 6.56. The van der Waals surface area contributed by atoms with Crippen LogP contribution in [0.2, 0.25) is 0 Å². The monoisotopic (exact) mass is 253 g/mol. The Morgan fingerprint density at radius 3 is 1.74 bits per heavy atom. The summed E-state index contributed by atoms with van der Waals surface area (Å²) in [4.78, 5) is 2.16. The Kier molecular flexibility index (Phi) is 7.30. The zero-order valence-electron chi connectivity index (χ0n) is 11.9. The summed E-state index contributed by atoms with van der Waals surface area (Å²) in [6.45, 7) is 4.68. The van der Waals surface area contributed by atoms with Gasteiger partial charge in [0, 0.05) is 6.54 Å². The van der Waals surface area contributed by atoms with Crippen molar-refractivity contribution in [2.75, 3.05) is 14.1 Å². The van der Waals surface area contributed by atoms with Gasteiger partial charge >= 0.3 is 0 Å². The fraction of sp³-hybridized carbons (Fsp3) is 0.222. The molecule has 100 valence electrons. The van der Waals surface area contributed by atoms with Crippen LogP contribution in [0.3, 0.4) is 0 Å². The van der Waals surface area contributed by atoms with Gasteiger partial charge in [-0.05, 0) is 31.6 Å². The van der Waals surface area contributed by atoms with Gasteiger partial charge < -0.3 is 4.90 Å². The molecule has 1 nitrogen and oxygen atoms in total. The van der Waals surface area contributed by atoms with E-state index in [1.54, 1.807) is 0 Å². The van der Waals surface area contributed by atoms with Crippen molar-refractivity contribution in [3.63, 3.8) is 0 Å². The number of nitrogens with zero attached hydrogens (tertiary/aromatic N) is 1. The topological polar surface area (TPSA) is 3.24 Å². The van der Waals surface area contributed by atoms with E-state index in [2.05, 4.69) is 62.0 Å². The molecule has 0 unspecified atom stereocenters. The predicted octanol–water partition coefficient (Wildman–Crippen LogP) is 4.16. The molecule has 0 spiro atoms. The number of allylic oxidation sites excluding steroid dienone is 1. The lowest BCUT2D eigenvalue weighted by atomic mass is 10.2. The Balaban J connectivity index is 0.000000191. The zero-order valence-corrected chi connectivity index (χ0v) is 11.9. The molecule has 2 rings (SSSR count). The van der Waals surface area contributed by atoms with Crippen LogP contribution < -0.4 is 0 Å². The molecule has 0 heterocycles. The Hall–Kier alpha value is -1.86. The van der Waals surface area contributed by atoms with E-state index >= 15 is 0 Å². The first-order chi connectivity index (χ1) is 9.22. The number of benzene rings is 2. The Morgan fingerprint density at radius 1 is 0.842 bits per heavy atom. The third-order valence-corrected chi connectivity index (χ3v) is 2.56. The summed E-state index contributed by atoms with van der Waals surface area (Å²) in [5.74, 6) is 0. The van der Waals surface area contributed by atoms with Crippen LogP contribution in [0.5, 0.6) is 0 Å². The predicted molar refractivity (Wildman–Crippen MR) is 84.2 cm³/mol. The quantitative estimate of drug-likeness (QED) is 0.739. The van der Waals surface area contributed by atoms with Crippen molar-refractivity contribution in [3.8, 4) is 0 Å². The highest BCUT2D eigenvalue weighted by atomic mass is 15.0. The van der Waals surface area contributed by atoms with Crippen molar-refractivity contribution in [3.05, 3.63) is 84.4 Å². The molecule has 1 heteroatoms.